The van der Waals surface area contributed by atoms with Gasteiger partial charge in [-0.15, -0.1) is 10.2 Å². The van der Waals surface area contributed by atoms with Crippen LogP contribution < -0.4 is 11.1 Å². The molecule has 0 unspecified atom stereocenters. The van der Waals surface area contributed by atoms with Crippen LogP contribution in [-0.2, 0) is 15.1 Å². The highest BCUT2D eigenvalue weighted by atomic mass is 16.5. The number of ether oxygens (including phenoxy) is 1. The van der Waals surface area contributed by atoms with E-state index in [9.17, 15) is 14.7 Å². The Labute approximate surface area is 242 Å². The van der Waals surface area contributed by atoms with Crippen molar-refractivity contribution in [3.8, 4) is 22.4 Å². The normalized spacial score (nSPS) is 22.0. The maximum Gasteiger partial charge on any atom is 0.409 e. The summed E-state index contributed by atoms with van der Waals surface area (Å²) in [6, 6.07) is 20.0. The number of amides is 2. The lowest BCUT2D eigenvalue weighted by Crippen LogP contribution is -2.58. The van der Waals surface area contributed by atoms with Crippen molar-refractivity contribution >= 4 is 17.8 Å². The van der Waals surface area contributed by atoms with E-state index in [0.29, 0.717) is 24.7 Å². The Hall–Kier alpha value is -3.82. The van der Waals surface area contributed by atoms with Gasteiger partial charge in [0.2, 0.25) is 5.91 Å². The molecule has 5 rings (SSSR count). The van der Waals surface area contributed by atoms with E-state index >= 15 is 0 Å². The number of methoxy groups -OCH3 is 1. The molecule has 218 valence electrons. The van der Waals surface area contributed by atoms with Crippen LogP contribution in [0.25, 0.3) is 22.4 Å². The molecule has 3 aromatic rings. The average molecular weight is 560 g/mol. The number of carbonyl (C=O) groups excluding carboxylic acids is 2. The van der Waals surface area contributed by atoms with Crippen molar-refractivity contribution in [2.45, 2.75) is 76.0 Å². The van der Waals surface area contributed by atoms with E-state index in [-0.39, 0.29) is 12.0 Å². The van der Waals surface area contributed by atoms with Gasteiger partial charge >= 0.3 is 6.09 Å². The molecule has 0 aliphatic heterocycles. The van der Waals surface area contributed by atoms with E-state index in [1.54, 1.807) is 4.90 Å². The highest BCUT2D eigenvalue weighted by molar-refractivity contribution is 5.90. The number of carbonyl (C=O) groups is 2. The molecule has 0 saturated heterocycles. The SMILES string of the molecule is CC(=O)Nc1cc(-c2ccccc2)c(-c2ccc(C3(N)CC(C)(O)C3)cc2)nn1.COC(=O)N(C)C1CCCCC1. The van der Waals surface area contributed by atoms with E-state index in [1.807, 2.05) is 74.6 Å². The quantitative estimate of drug-likeness (QED) is 0.377. The molecule has 2 saturated carbocycles. The van der Waals surface area contributed by atoms with Crippen molar-refractivity contribution in [1.82, 2.24) is 15.1 Å². The molecule has 2 aliphatic rings. The van der Waals surface area contributed by atoms with Gasteiger partial charge in [0.1, 0.15) is 5.69 Å². The van der Waals surface area contributed by atoms with Crippen molar-refractivity contribution in [3.05, 3.63) is 66.2 Å². The Morgan fingerprint density at radius 3 is 2.20 bits per heavy atom. The van der Waals surface area contributed by atoms with Crippen molar-refractivity contribution in [2.24, 2.45) is 5.73 Å². The Morgan fingerprint density at radius 1 is 1.00 bits per heavy atom. The van der Waals surface area contributed by atoms with Gasteiger partial charge in [-0.3, -0.25) is 4.79 Å². The number of nitrogens with one attached hydrogen (secondary N) is 1. The second kappa shape index (κ2) is 12.8. The average Bonchev–Trinajstić information content (AvgIpc) is 2.96. The van der Waals surface area contributed by atoms with Gasteiger partial charge < -0.3 is 25.8 Å². The van der Waals surface area contributed by atoms with E-state index in [1.165, 1.54) is 33.3 Å². The first-order valence-electron chi connectivity index (χ1n) is 14.1. The fourth-order valence-electron chi connectivity index (χ4n) is 5.92. The monoisotopic (exact) mass is 559 g/mol. The summed E-state index contributed by atoms with van der Waals surface area (Å²) in [5, 5.41) is 21.3. The summed E-state index contributed by atoms with van der Waals surface area (Å²) in [6.07, 6.45) is 6.93. The fraction of sp³-hybridized carbons (Fsp3) is 0.438. The van der Waals surface area contributed by atoms with Crippen LogP contribution in [0, 0.1) is 0 Å². The molecule has 2 amide bonds. The summed E-state index contributed by atoms with van der Waals surface area (Å²) in [7, 11) is 3.25. The summed E-state index contributed by atoms with van der Waals surface area (Å²) < 4.78 is 4.65. The summed E-state index contributed by atoms with van der Waals surface area (Å²) in [5.41, 5.74) is 9.75. The minimum atomic E-state index is -0.696. The first-order chi connectivity index (χ1) is 19.5. The lowest BCUT2D eigenvalue weighted by molar-refractivity contribution is -0.114. The Morgan fingerprint density at radius 2 is 1.63 bits per heavy atom. The number of hydrogen-bond acceptors (Lipinski definition) is 7. The van der Waals surface area contributed by atoms with Crippen LogP contribution in [0.3, 0.4) is 0 Å². The van der Waals surface area contributed by atoms with Crippen LogP contribution in [0.1, 0.15) is 64.4 Å². The smallest absolute Gasteiger partial charge is 0.409 e. The van der Waals surface area contributed by atoms with Gasteiger partial charge in [0, 0.05) is 36.7 Å². The van der Waals surface area contributed by atoms with Gasteiger partial charge in [0.05, 0.1) is 12.7 Å². The van der Waals surface area contributed by atoms with Gasteiger partial charge in [-0.05, 0) is 49.8 Å². The van der Waals surface area contributed by atoms with Gasteiger partial charge in [-0.1, -0.05) is 73.9 Å². The van der Waals surface area contributed by atoms with Crippen LogP contribution in [-0.4, -0.2) is 58.0 Å². The van der Waals surface area contributed by atoms with Crippen LogP contribution in [0.2, 0.25) is 0 Å². The number of aromatic nitrogens is 2. The zero-order chi connectivity index (χ0) is 29.6. The number of hydrogen-bond donors (Lipinski definition) is 3. The lowest BCUT2D eigenvalue weighted by atomic mass is 9.63. The number of nitrogens with two attached hydrogens (primary N) is 1. The Bertz CT molecular complexity index is 1330. The summed E-state index contributed by atoms with van der Waals surface area (Å²) >= 11 is 0. The van der Waals surface area contributed by atoms with Crippen LogP contribution in [0.15, 0.2) is 60.7 Å². The predicted molar refractivity (Wildman–Crippen MR) is 160 cm³/mol. The van der Waals surface area contributed by atoms with Crippen LogP contribution in [0.5, 0.6) is 0 Å². The second-order valence-corrected chi connectivity index (χ2v) is 11.5. The maximum absolute atomic E-state index is 11.4. The number of nitrogens with zero attached hydrogens (tertiary/aromatic N) is 3. The summed E-state index contributed by atoms with van der Waals surface area (Å²) in [4.78, 5) is 24.3. The van der Waals surface area contributed by atoms with Gasteiger partial charge in [-0.25, -0.2) is 4.79 Å². The van der Waals surface area contributed by atoms with Gasteiger partial charge in [-0.2, -0.15) is 0 Å². The van der Waals surface area contributed by atoms with E-state index < -0.39 is 11.1 Å². The first kappa shape index (κ1) is 30.1. The molecular formula is C32H41N5O4. The molecule has 0 atom stereocenters. The summed E-state index contributed by atoms with van der Waals surface area (Å²) in [5.74, 6) is 0.217. The molecule has 2 aromatic carbocycles. The molecule has 2 fully saturated rings. The molecule has 1 aromatic heterocycles. The highest BCUT2D eigenvalue weighted by Crippen LogP contribution is 2.46. The largest absolute Gasteiger partial charge is 0.453 e. The zero-order valence-corrected chi connectivity index (χ0v) is 24.4. The number of aliphatic hydroxyl groups is 1. The lowest BCUT2D eigenvalue weighted by Gasteiger charge is -2.49. The molecule has 0 bridgehead atoms. The van der Waals surface area contributed by atoms with Crippen molar-refractivity contribution < 1.29 is 19.4 Å². The number of rotatable bonds is 5. The van der Waals surface area contributed by atoms with Crippen molar-refractivity contribution in [3.63, 3.8) is 0 Å². The number of anilines is 1. The molecule has 0 spiro atoms. The third-order valence-corrected chi connectivity index (χ3v) is 7.89. The third-order valence-electron chi connectivity index (χ3n) is 7.89. The van der Waals surface area contributed by atoms with Gasteiger partial charge in [0.15, 0.2) is 5.82 Å². The van der Waals surface area contributed by atoms with E-state index in [0.717, 1.165) is 40.8 Å². The topological polar surface area (TPSA) is 131 Å². The molecule has 9 heteroatoms. The molecule has 41 heavy (non-hydrogen) atoms. The minimum absolute atomic E-state index is 0.194. The third kappa shape index (κ3) is 7.48. The Kier molecular flexibility index (Phi) is 9.40. The molecular weight excluding hydrogens is 518 g/mol. The van der Waals surface area contributed by atoms with Crippen molar-refractivity contribution in [2.75, 3.05) is 19.5 Å². The molecule has 1 heterocycles. The highest BCUT2D eigenvalue weighted by Gasteiger charge is 2.49. The van der Waals surface area contributed by atoms with Crippen LogP contribution in [0.4, 0.5) is 10.6 Å². The van der Waals surface area contributed by atoms with Crippen molar-refractivity contribution in [1.29, 1.82) is 0 Å². The van der Waals surface area contributed by atoms with Crippen LogP contribution >= 0.6 is 0 Å². The number of benzene rings is 2. The molecule has 0 radical (unpaired) electrons. The zero-order valence-electron chi connectivity index (χ0n) is 24.4. The van der Waals surface area contributed by atoms with Gasteiger partial charge in [0.25, 0.3) is 0 Å². The van der Waals surface area contributed by atoms with E-state index in [2.05, 4.69) is 20.3 Å². The molecule has 4 N–H and O–H groups in total. The summed E-state index contributed by atoms with van der Waals surface area (Å²) in [6.45, 7) is 3.25. The molecule has 9 nitrogen and oxygen atoms in total. The standard InChI is InChI=1S/C23H24N4O2.C9H17NO2/c1-15(28)25-20-12-19(16-6-4-3-5-7-16)21(27-26-20)17-8-10-18(11-9-17)23(24)13-22(2,29)14-23;1-10(9(11)12-2)8-6-4-3-5-7-8/h3-12,29H,13-14,24H2,1-2H3,(H,25,26,28);8H,3-7H2,1-2H3. The fourth-order valence-corrected chi connectivity index (χ4v) is 5.92. The maximum atomic E-state index is 11.4. The minimum Gasteiger partial charge on any atom is -0.453 e. The first-order valence-corrected chi connectivity index (χ1v) is 14.1. The Balaban J connectivity index is 0.000000271. The van der Waals surface area contributed by atoms with E-state index in [4.69, 9.17) is 5.73 Å². The molecule has 2 aliphatic carbocycles. The second-order valence-electron chi connectivity index (χ2n) is 11.5. The predicted octanol–water partition coefficient (Wildman–Crippen LogP) is 5.49.